The van der Waals surface area contributed by atoms with E-state index < -0.39 is 71.2 Å². The van der Waals surface area contributed by atoms with Crippen LogP contribution in [0.15, 0.2) is 30.3 Å². The van der Waals surface area contributed by atoms with Gasteiger partial charge in [0.2, 0.25) is 11.8 Å². The van der Waals surface area contributed by atoms with Gasteiger partial charge in [0.15, 0.2) is 0 Å². The number of nitrogens with one attached hydrogen (secondary N) is 4. The Kier molecular flexibility index (Phi) is 19.1. The number of benzene rings is 1. The molecule has 0 heterocycles. The summed E-state index contributed by atoms with van der Waals surface area (Å²) in [5.74, 6) is -3.63. The molecule has 4 amide bonds. The standard InChI is InChI=1S/C35H54N4O12/c1-34(2,3)50-28(41)20-17-25(39-33(46)51-35(4,5)6)30(43)37-24(29(42)38-26(31(44)48-8)18-19-27(40)47-7)16-12-13-21-36-32(45)49-22-23-14-10-9-11-15-23/h9-11,14-15,24-26H,12-13,16-22H2,1-8H3,(H,36,45)(H,37,43)(H,38,42)(H,39,46). The normalized spacial score (nSPS) is 12.9. The Morgan fingerprint density at radius 2 is 1.18 bits per heavy atom. The summed E-state index contributed by atoms with van der Waals surface area (Å²) in [6, 6.07) is 5.31. The zero-order valence-corrected chi connectivity index (χ0v) is 30.9. The fourth-order valence-electron chi connectivity index (χ4n) is 4.38. The van der Waals surface area contributed by atoms with Crippen LogP contribution in [0, 0.1) is 0 Å². The number of rotatable bonds is 19. The van der Waals surface area contributed by atoms with E-state index in [-0.39, 0.29) is 45.3 Å². The number of ether oxygens (including phenoxy) is 5. The zero-order chi connectivity index (χ0) is 38.6. The van der Waals surface area contributed by atoms with Gasteiger partial charge < -0.3 is 45.0 Å². The van der Waals surface area contributed by atoms with Crippen molar-refractivity contribution in [1.82, 2.24) is 21.3 Å². The third kappa shape index (κ3) is 20.4. The summed E-state index contributed by atoms with van der Waals surface area (Å²) < 4.78 is 25.2. The average molecular weight is 723 g/mol. The molecule has 3 atom stereocenters. The number of esters is 3. The molecule has 0 bridgehead atoms. The second kappa shape index (κ2) is 22.0. The van der Waals surface area contributed by atoms with Gasteiger partial charge in [0.25, 0.3) is 0 Å². The van der Waals surface area contributed by atoms with Crippen LogP contribution >= 0.6 is 0 Å². The average Bonchev–Trinajstić information content (AvgIpc) is 3.04. The summed E-state index contributed by atoms with van der Waals surface area (Å²) in [5, 5.41) is 10.2. The molecule has 0 aromatic heterocycles. The highest BCUT2D eigenvalue weighted by Crippen LogP contribution is 2.13. The van der Waals surface area contributed by atoms with Gasteiger partial charge in [-0.1, -0.05) is 30.3 Å². The Balaban J connectivity index is 3.09. The molecule has 1 rings (SSSR count). The number of alkyl carbamates (subject to hydrolysis) is 2. The van der Waals surface area contributed by atoms with Crippen LogP contribution in [0.2, 0.25) is 0 Å². The molecule has 16 heteroatoms. The van der Waals surface area contributed by atoms with Crippen molar-refractivity contribution in [3.05, 3.63) is 35.9 Å². The molecule has 0 aliphatic rings. The number of carbonyl (C=O) groups is 7. The van der Waals surface area contributed by atoms with E-state index in [1.54, 1.807) is 41.5 Å². The van der Waals surface area contributed by atoms with Gasteiger partial charge in [0, 0.05) is 19.4 Å². The minimum absolute atomic E-state index is 0.0361. The van der Waals surface area contributed by atoms with Gasteiger partial charge in [0.1, 0.15) is 35.9 Å². The molecule has 0 spiro atoms. The van der Waals surface area contributed by atoms with Crippen molar-refractivity contribution in [1.29, 1.82) is 0 Å². The lowest BCUT2D eigenvalue weighted by Gasteiger charge is -2.26. The number of carbonyl (C=O) groups excluding carboxylic acids is 7. The minimum Gasteiger partial charge on any atom is -0.469 e. The molecule has 0 fully saturated rings. The smallest absolute Gasteiger partial charge is 0.408 e. The summed E-state index contributed by atoms with van der Waals surface area (Å²) >= 11 is 0. The topological polar surface area (TPSA) is 214 Å². The van der Waals surface area contributed by atoms with Gasteiger partial charge >= 0.3 is 30.1 Å². The molecule has 1 aromatic rings. The van der Waals surface area contributed by atoms with E-state index in [0.717, 1.165) is 12.7 Å². The maximum Gasteiger partial charge on any atom is 0.408 e. The Bertz CT molecular complexity index is 1310. The predicted octanol–water partition coefficient (Wildman–Crippen LogP) is 3.19. The van der Waals surface area contributed by atoms with Crippen molar-refractivity contribution in [3.63, 3.8) is 0 Å². The first kappa shape index (κ1) is 44.1. The predicted molar refractivity (Wildman–Crippen MR) is 184 cm³/mol. The van der Waals surface area contributed by atoms with Crippen LogP contribution in [0.25, 0.3) is 0 Å². The van der Waals surface area contributed by atoms with Gasteiger partial charge in [-0.2, -0.15) is 0 Å². The van der Waals surface area contributed by atoms with E-state index in [2.05, 4.69) is 26.0 Å². The monoisotopic (exact) mass is 722 g/mol. The highest BCUT2D eigenvalue weighted by Gasteiger charge is 2.32. The Hall–Kier alpha value is -4.89. The summed E-state index contributed by atoms with van der Waals surface area (Å²) in [6.07, 6.45) is -1.61. The van der Waals surface area contributed by atoms with Crippen LogP contribution in [0.5, 0.6) is 0 Å². The van der Waals surface area contributed by atoms with Crippen LogP contribution < -0.4 is 21.3 Å². The molecular formula is C35H54N4O12. The van der Waals surface area contributed by atoms with Crippen LogP contribution in [-0.4, -0.2) is 92.0 Å². The first-order valence-electron chi connectivity index (χ1n) is 16.7. The second-order valence-corrected chi connectivity index (χ2v) is 13.6. The third-order valence-corrected chi connectivity index (χ3v) is 6.77. The fraction of sp³-hybridized carbons (Fsp3) is 0.629. The largest absolute Gasteiger partial charge is 0.469 e. The zero-order valence-electron chi connectivity index (χ0n) is 30.9. The maximum atomic E-state index is 13.6. The van der Waals surface area contributed by atoms with Crippen LogP contribution in [0.4, 0.5) is 9.59 Å². The summed E-state index contributed by atoms with van der Waals surface area (Å²) in [6.45, 7) is 10.3. The van der Waals surface area contributed by atoms with Gasteiger partial charge in [-0.15, -0.1) is 0 Å². The Morgan fingerprint density at radius 1 is 0.627 bits per heavy atom. The van der Waals surface area contributed by atoms with Gasteiger partial charge in [0.05, 0.1) is 14.2 Å². The van der Waals surface area contributed by atoms with Crippen molar-refractivity contribution in [3.8, 4) is 0 Å². The highest BCUT2D eigenvalue weighted by molar-refractivity contribution is 5.93. The summed E-state index contributed by atoms with van der Waals surface area (Å²) in [7, 11) is 2.30. The van der Waals surface area contributed by atoms with Crippen molar-refractivity contribution in [2.24, 2.45) is 0 Å². The number of hydrogen-bond donors (Lipinski definition) is 4. The third-order valence-electron chi connectivity index (χ3n) is 6.77. The van der Waals surface area contributed by atoms with Crippen molar-refractivity contribution >= 4 is 41.9 Å². The Labute approximate surface area is 299 Å². The second-order valence-electron chi connectivity index (χ2n) is 13.6. The van der Waals surface area contributed by atoms with E-state index in [9.17, 15) is 33.6 Å². The van der Waals surface area contributed by atoms with Crippen molar-refractivity contribution in [2.75, 3.05) is 20.8 Å². The van der Waals surface area contributed by atoms with Crippen LogP contribution in [0.3, 0.4) is 0 Å². The molecule has 0 aliphatic carbocycles. The van der Waals surface area contributed by atoms with E-state index in [1.165, 1.54) is 7.11 Å². The molecule has 51 heavy (non-hydrogen) atoms. The summed E-state index contributed by atoms with van der Waals surface area (Å²) in [5.41, 5.74) is -0.860. The lowest BCUT2D eigenvalue weighted by molar-refractivity contribution is -0.155. The van der Waals surface area contributed by atoms with E-state index in [4.69, 9.17) is 18.9 Å². The van der Waals surface area contributed by atoms with Crippen LogP contribution in [0.1, 0.15) is 92.1 Å². The molecule has 1 aromatic carbocycles. The van der Waals surface area contributed by atoms with E-state index >= 15 is 0 Å². The lowest BCUT2D eigenvalue weighted by atomic mass is 10.0. The van der Waals surface area contributed by atoms with Crippen molar-refractivity contribution in [2.45, 2.75) is 122 Å². The number of methoxy groups -OCH3 is 2. The highest BCUT2D eigenvalue weighted by atomic mass is 16.6. The molecule has 0 saturated heterocycles. The van der Waals surface area contributed by atoms with Gasteiger partial charge in [-0.05, 0) is 79.2 Å². The maximum absolute atomic E-state index is 13.6. The molecule has 4 N–H and O–H groups in total. The summed E-state index contributed by atoms with van der Waals surface area (Å²) in [4.78, 5) is 88.6. The molecule has 0 radical (unpaired) electrons. The SMILES string of the molecule is COC(=O)CCC(NC(=O)C(CCCCNC(=O)OCc1ccccc1)NC(=O)C(CCC(=O)OC(C)(C)C)NC(=O)OC(C)(C)C)C(=O)OC. The molecule has 286 valence electrons. The van der Waals surface area contributed by atoms with E-state index in [1.807, 2.05) is 30.3 Å². The first-order chi connectivity index (χ1) is 23.8. The van der Waals surface area contributed by atoms with Crippen LogP contribution in [-0.2, 0) is 54.3 Å². The fourth-order valence-corrected chi connectivity index (χ4v) is 4.38. The first-order valence-corrected chi connectivity index (χ1v) is 16.7. The van der Waals surface area contributed by atoms with Gasteiger partial charge in [-0.3, -0.25) is 19.2 Å². The molecule has 16 nitrogen and oxygen atoms in total. The minimum atomic E-state index is -1.32. The van der Waals surface area contributed by atoms with Gasteiger partial charge in [-0.25, -0.2) is 14.4 Å². The Morgan fingerprint density at radius 3 is 1.75 bits per heavy atom. The quantitative estimate of drug-likeness (QED) is 0.0921. The molecule has 0 aliphatic heterocycles. The molecule has 3 unspecified atom stereocenters. The number of unbranched alkanes of at least 4 members (excludes halogenated alkanes) is 1. The lowest BCUT2D eigenvalue weighted by Crippen LogP contribution is -2.56. The molecular weight excluding hydrogens is 668 g/mol. The van der Waals surface area contributed by atoms with Crippen molar-refractivity contribution < 1.29 is 57.2 Å². The number of amides is 4. The number of hydrogen-bond acceptors (Lipinski definition) is 12. The molecule has 0 saturated carbocycles. The van der Waals surface area contributed by atoms with E-state index in [0.29, 0.717) is 12.8 Å².